The molecule has 5 rings (SSSR count). The number of thiazole rings is 1. The predicted molar refractivity (Wildman–Crippen MR) is 121 cm³/mol. The van der Waals surface area contributed by atoms with Gasteiger partial charge < -0.3 is 9.47 Å². The van der Waals surface area contributed by atoms with Crippen LogP contribution in [0.25, 0.3) is 10.2 Å². The normalized spacial score (nSPS) is 15.1. The van der Waals surface area contributed by atoms with Gasteiger partial charge in [-0.25, -0.2) is 4.98 Å². The Morgan fingerprint density at radius 2 is 1.84 bits per heavy atom. The molecule has 1 aliphatic rings. The first-order valence-electron chi connectivity index (χ1n) is 10.1. The molecule has 3 heterocycles. The summed E-state index contributed by atoms with van der Waals surface area (Å²) in [6, 6.07) is 17.2. The topological polar surface area (TPSA) is 64.6 Å². The lowest BCUT2D eigenvalue weighted by Gasteiger charge is -2.29. The number of amides is 1. The molecule has 1 aliphatic heterocycles. The molecule has 0 saturated heterocycles. The Morgan fingerprint density at radius 3 is 2.61 bits per heavy atom. The first kappa shape index (κ1) is 19.5. The molecule has 0 radical (unpaired) electrons. The molecule has 2 aromatic carbocycles. The van der Waals surface area contributed by atoms with Crippen LogP contribution in [0.3, 0.4) is 0 Å². The number of carbonyl (C=O) groups is 1. The summed E-state index contributed by atoms with van der Waals surface area (Å²) >= 11 is 1.51. The summed E-state index contributed by atoms with van der Waals surface area (Å²) < 4.78 is 12.9. The van der Waals surface area contributed by atoms with Gasteiger partial charge in [0, 0.05) is 6.20 Å². The Kier molecular flexibility index (Phi) is 5.03. The highest BCUT2D eigenvalue weighted by molar-refractivity contribution is 7.22. The van der Waals surface area contributed by atoms with E-state index in [1.165, 1.54) is 11.3 Å². The number of rotatable bonds is 4. The third kappa shape index (κ3) is 3.72. The molecule has 0 N–H and O–H groups in total. The number of anilines is 1. The monoisotopic (exact) mass is 431 g/mol. The van der Waals surface area contributed by atoms with Crippen molar-refractivity contribution in [2.45, 2.75) is 26.5 Å². The lowest BCUT2D eigenvalue weighted by Crippen LogP contribution is -2.46. The van der Waals surface area contributed by atoms with E-state index in [9.17, 15) is 4.79 Å². The number of benzene rings is 2. The zero-order valence-corrected chi connectivity index (χ0v) is 18.1. The summed E-state index contributed by atoms with van der Waals surface area (Å²) in [4.78, 5) is 24.5. The smallest absolute Gasteiger partial charge is 0.273 e. The Balaban J connectivity index is 1.53. The van der Waals surface area contributed by atoms with Gasteiger partial charge in [0.15, 0.2) is 16.6 Å². The minimum absolute atomic E-state index is 0.150. The first-order valence-corrected chi connectivity index (χ1v) is 10.9. The van der Waals surface area contributed by atoms with E-state index in [2.05, 4.69) is 24.0 Å². The van der Waals surface area contributed by atoms with Crippen LogP contribution in [0.15, 0.2) is 60.8 Å². The van der Waals surface area contributed by atoms with Crippen LogP contribution in [0, 0.1) is 13.8 Å². The molecule has 1 unspecified atom stereocenters. The van der Waals surface area contributed by atoms with E-state index >= 15 is 0 Å². The van der Waals surface area contributed by atoms with Crippen LogP contribution in [-0.2, 0) is 11.3 Å². The summed E-state index contributed by atoms with van der Waals surface area (Å²) in [5.74, 6) is 1.02. The maximum atomic E-state index is 13.6. The molecule has 156 valence electrons. The minimum Gasteiger partial charge on any atom is -0.485 e. The van der Waals surface area contributed by atoms with Gasteiger partial charge >= 0.3 is 0 Å². The lowest BCUT2D eigenvalue weighted by molar-refractivity contribution is -0.127. The summed E-state index contributed by atoms with van der Waals surface area (Å²) in [5.41, 5.74) is 3.92. The predicted octanol–water partition coefficient (Wildman–Crippen LogP) is 4.68. The van der Waals surface area contributed by atoms with Crippen molar-refractivity contribution >= 4 is 32.6 Å². The Labute approximate surface area is 184 Å². The van der Waals surface area contributed by atoms with Crippen molar-refractivity contribution in [1.29, 1.82) is 0 Å². The molecule has 0 bridgehead atoms. The lowest BCUT2D eigenvalue weighted by atomic mass is 10.1. The van der Waals surface area contributed by atoms with E-state index < -0.39 is 6.10 Å². The number of para-hydroxylation sites is 2. The van der Waals surface area contributed by atoms with E-state index in [0.29, 0.717) is 23.2 Å². The maximum Gasteiger partial charge on any atom is 0.273 e. The average Bonchev–Trinajstić information content (AvgIpc) is 3.26. The van der Waals surface area contributed by atoms with E-state index in [1.807, 2.05) is 49.4 Å². The summed E-state index contributed by atoms with van der Waals surface area (Å²) in [6.07, 6.45) is 0.967. The molecule has 0 spiro atoms. The van der Waals surface area contributed by atoms with Crippen LogP contribution >= 0.6 is 11.3 Å². The van der Waals surface area contributed by atoms with Crippen molar-refractivity contribution in [3.05, 3.63) is 77.6 Å². The summed E-state index contributed by atoms with van der Waals surface area (Å²) in [6.45, 7) is 4.55. The molecule has 2 aromatic heterocycles. The van der Waals surface area contributed by atoms with Gasteiger partial charge in [0.2, 0.25) is 6.10 Å². The fourth-order valence-electron chi connectivity index (χ4n) is 3.57. The zero-order chi connectivity index (χ0) is 21.4. The van der Waals surface area contributed by atoms with Crippen molar-refractivity contribution in [3.63, 3.8) is 0 Å². The highest BCUT2D eigenvalue weighted by atomic mass is 32.1. The molecule has 7 heteroatoms. The molecule has 0 fully saturated rings. The highest BCUT2D eigenvalue weighted by Crippen LogP contribution is 2.36. The quantitative estimate of drug-likeness (QED) is 0.469. The number of pyridine rings is 1. The highest BCUT2D eigenvalue weighted by Gasteiger charge is 2.33. The molecule has 0 aliphatic carbocycles. The fourth-order valence-corrected chi connectivity index (χ4v) is 4.69. The van der Waals surface area contributed by atoms with Gasteiger partial charge in [-0.05, 0) is 49.2 Å². The van der Waals surface area contributed by atoms with Gasteiger partial charge in [0.05, 0.1) is 22.5 Å². The standard InChI is InChI=1S/C24H21N3O3S/c1-15-10-11-16(2)22-21(15)26-24(31-22)27(13-17-7-5-6-12-25-17)23(28)20-14-29-18-8-3-4-9-19(18)30-20/h3-12,20H,13-14H2,1-2H3. The van der Waals surface area contributed by atoms with Crippen LogP contribution in [0.5, 0.6) is 11.5 Å². The second-order valence-electron chi connectivity index (χ2n) is 7.48. The van der Waals surface area contributed by atoms with Crippen LogP contribution in [0.1, 0.15) is 16.8 Å². The number of aromatic nitrogens is 2. The van der Waals surface area contributed by atoms with Gasteiger partial charge in [-0.1, -0.05) is 41.7 Å². The number of ether oxygens (including phenoxy) is 2. The third-order valence-electron chi connectivity index (χ3n) is 5.26. The number of carbonyl (C=O) groups excluding carboxylic acids is 1. The van der Waals surface area contributed by atoms with Gasteiger partial charge in [-0.3, -0.25) is 14.7 Å². The fraction of sp³-hybridized carbons (Fsp3) is 0.208. The third-order valence-corrected chi connectivity index (χ3v) is 6.47. The van der Waals surface area contributed by atoms with Crippen molar-refractivity contribution in [2.75, 3.05) is 11.5 Å². The van der Waals surface area contributed by atoms with Gasteiger partial charge in [-0.2, -0.15) is 0 Å². The molecule has 4 aromatic rings. The molecular formula is C24H21N3O3S. The molecule has 0 saturated carbocycles. The Bertz CT molecular complexity index is 1220. The largest absolute Gasteiger partial charge is 0.485 e. The second-order valence-corrected chi connectivity index (χ2v) is 8.46. The van der Waals surface area contributed by atoms with Crippen LogP contribution in [0.2, 0.25) is 0 Å². The number of hydrogen-bond donors (Lipinski definition) is 0. The average molecular weight is 432 g/mol. The molecule has 1 amide bonds. The van der Waals surface area contributed by atoms with Crippen LogP contribution in [-0.4, -0.2) is 28.6 Å². The van der Waals surface area contributed by atoms with Crippen molar-refractivity contribution in [3.8, 4) is 11.5 Å². The van der Waals surface area contributed by atoms with E-state index in [-0.39, 0.29) is 12.5 Å². The minimum atomic E-state index is -0.757. The van der Waals surface area contributed by atoms with E-state index in [4.69, 9.17) is 14.5 Å². The first-order chi connectivity index (χ1) is 15.1. The Hall–Kier alpha value is -3.45. The van der Waals surface area contributed by atoms with Crippen LogP contribution < -0.4 is 14.4 Å². The Morgan fingerprint density at radius 1 is 1.06 bits per heavy atom. The summed E-state index contributed by atoms with van der Waals surface area (Å²) in [7, 11) is 0. The van der Waals surface area contributed by atoms with Gasteiger partial charge in [0.1, 0.15) is 6.61 Å². The van der Waals surface area contributed by atoms with Gasteiger partial charge in [-0.15, -0.1) is 0 Å². The van der Waals surface area contributed by atoms with E-state index in [0.717, 1.165) is 27.0 Å². The number of fused-ring (bicyclic) bond motifs is 2. The van der Waals surface area contributed by atoms with Crippen molar-refractivity contribution in [1.82, 2.24) is 9.97 Å². The summed E-state index contributed by atoms with van der Waals surface area (Å²) in [5, 5.41) is 0.630. The van der Waals surface area contributed by atoms with Crippen molar-refractivity contribution < 1.29 is 14.3 Å². The maximum absolute atomic E-state index is 13.6. The number of nitrogens with zero attached hydrogens (tertiary/aromatic N) is 3. The molecular weight excluding hydrogens is 410 g/mol. The zero-order valence-electron chi connectivity index (χ0n) is 17.2. The van der Waals surface area contributed by atoms with E-state index in [1.54, 1.807) is 11.1 Å². The molecule has 6 nitrogen and oxygen atoms in total. The molecule has 31 heavy (non-hydrogen) atoms. The number of aryl methyl sites for hydroxylation is 2. The number of hydrogen-bond acceptors (Lipinski definition) is 6. The SMILES string of the molecule is Cc1ccc(C)c2sc(N(Cc3ccccn3)C(=O)C3COc4ccccc4O3)nc12. The van der Waals surface area contributed by atoms with Crippen LogP contribution in [0.4, 0.5) is 5.13 Å². The second kappa shape index (κ2) is 8.00. The van der Waals surface area contributed by atoms with Crippen molar-refractivity contribution in [2.24, 2.45) is 0 Å². The van der Waals surface area contributed by atoms with Gasteiger partial charge in [0.25, 0.3) is 5.91 Å². The molecule has 1 atom stereocenters.